The Morgan fingerprint density at radius 1 is 1.25 bits per heavy atom. The van der Waals surface area contributed by atoms with Crippen LogP contribution in [0.1, 0.15) is 0 Å². The Morgan fingerprint density at radius 2 is 1.75 bits per heavy atom. The number of urea groups is 2. The van der Waals surface area contributed by atoms with Gasteiger partial charge in [0.2, 0.25) is 0 Å². The second kappa shape index (κ2) is 3.92. The number of carbonyl (C=O) groups is 2. The molecule has 0 unspecified atom stereocenters. The summed E-state index contributed by atoms with van der Waals surface area (Å²) in [4.78, 5) is 24.9. The van der Waals surface area contributed by atoms with E-state index in [0.717, 1.165) is 6.20 Å². The third-order valence-electron chi connectivity index (χ3n) is 1.64. The number of primary amides is 2. The first-order chi connectivity index (χ1) is 7.36. The molecule has 0 aromatic carbocycles. The van der Waals surface area contributed by atoms with Crippen molar-refractivity contribution < 1.29 is 14.8 Å². The summed E-state index contributed by atoms with van der Waals surface area (Å²) in [6, 6.07) is -2.10. The summed E-state index contributed by atoms with van der Waals surface area (Å²) in [6.07, 6.45) is 0.975. The predicted octanol–water partition coefficient (Wildman–Crippen LogP) is -2.36. The second-order valence-electron chi connectivity index (χ2n) is 2.64. The van der Waals surface area contributed by atoms with Gasteiger partial charge in [0.1, 0.15) is 0 Å². The maximum atomic E-state index is 10.7. The standard InChI is InChI=1S/C5H10N8O3/c6-3(14)11(8)2-1-10-5(13(2)16)12(9)4(7)15/h1,16H,8-9H2,(H2,6,14)(H2,7,15). The summed E-state index contributed by atoms with van der Waals surface area (Å²) in [7, 11) is 0. The molecule has 9 N–H and O–H groups in total. The lowest BCUT2D eigenvalue weighted by Gasteiger charge is -2.15. The predicted molar refractivity (Wildman–Crippen MR) is 51.9 cm³/mol. The van der Waals surface area contributed by atoms with Crippen molar-refractivity contribution in [1.82, 2.24) is 9.71 Å². The van der Waals surface area contributed by atoms with Crippen molar-refractivity contribution in [2.75, 3.05) is 10.0 Å². The van der Waals surface area contributed by atoms with Crippen molar-refractivity contribution >= 4 is 23.8 Å². The lowest BCUT2D eigenvalue weighted by molar-refractivity contribution is 0.189. The van der Waals surface area contributed by atoms with Crippen molar-refractivity contribution in [3.05, 3.63) is 6.20 Å². The summed E-state index contributed by atoms with van der Waals surface area (Å²) in [6.45, 7) is 0. The summed E-state index contributed by atoms with van der Waals surface area (Å²) in [5, 5.41) is 10.2. The van der Waals surface area contributed by atoms with Crippen LogP contribution < -0.4 is 33.2 Å². The zero-order chi connectivity index (χ0) is 12.5. The van der Waals surface area contributed by atoms with Gasteiger partial charge in [-0.1, -0.05) is 0 Å². The normalized spacial score (nSPS) is 9.88. The average Bonchev–Trinajstić information content (AvgIpc) is 2.57. The molecule has 0 saturated heterocycles. The molecule has 0 radical (unpaired) electrons. The Balaban J connectivity index is 3.10. The van der Waals surface area contributed by atoms with E-state index in [9.17, 15) is 14.8 Å². The van der Waals surface area contributed by atoms with E-state index >= 15 is 0 Å². The highest BCUT2D eigenvalue weighted by atomic mass is 16.5. The van der Waals surface area contributed by atoms with E-state index in [1.807, 2.05) is 0 Å². The first kappa shape index (κ1) is 11.5. The number of anilines is 2. The number of nitrogens with two attached hydrogens (primary N) is 4. The highest BCUT2D eigenvalue weighted by molar-refractivity contribution is 5.90. The maximum Gasteiger partial charge on any atom is 0.336 e. The monoisotopic (exact) mass is 230 g/mol. The van der Waals surface area contributed by atoms with E-state index in [0.29, 0.717) is 10.0 Å². The first-order valence-corrected chi connectivity index (χ1v) is 3.81. The van der Waals surface area contributed by atoms with E-state index in [-0.39, 0.29) is 10.5 Å². The van der Waals surface area contributed by atoms with Crippen LogP contribution in [0.2, 0.25) is 0 Å². The highest BCUT2D eigenvalue weighted by Crippen LogP contribution is 2.16. The Bertz CT molecular complexity index is 390. The molecule has 4 amide bonds. The summed E-state index contributed by atoms with van der Waals surface area (Å²) < 4.78 is 0.287. The highest BCUT2D eigenvalue weighted by Gasteiger charge is 2.21. The smallest absolute Gasteiger partial charge is 0.336 e. The first-order valence-electron chi connectivity index (χ1n) is 3.81. The number of rotatable bonds is 2. The zero-order valence-corrected chi connectivity index (χ0v) is 7.94. The molecule has 11 nitrogen and oxygen atoms in total. The minimum Gasteiger partial charge on any atom is -0.423 e. The summed E-state index contributed by atoms with van der Waals surface area (Å²) in [5.41, 5.74) is 9.70. The summed E-state index contributed by atoms with van der Waals surface area (Å²) in [5.74, 6) is 9.66. The number of hydrogen-bond acceptors (Lipinski definition) is 6. The van der Waals surface area contributed by atoms with Gasteiger partial charge in [0.15, 0.2) is 5.82 Å². The molecule has 1 rings (SSSR count). The van der Waals surface area contributed by atoms with Crippen LogP contribution in [0.25, 0.3) is 0 Å². The van der Waals surface area contributed by atoms with Crippen LogP contribution >= 0.6 is 0 Å². The molecule has 1 aromatic rings. The minimum atomic E-state index is -1.06. The fourth-order valence-electron chi connectivity index (χ4n) is 0.867. The molecule has 16 heavy (non-hydrogen) atoms. The van der Waals surface area contributed by atoms with Crippen molar-refractivity contribution in [1.29, 1.82) is 0 Å². The van der Waals surface area contributed by atoms with Crippen molar-refractivity contribution in [2.45, 2.75) is 0 Å². The molecule has 0 atom stereocenters. The molecule has 0 saturated carbocycles. The number of imidazole rings is 1. The molecule has 1 aromatic heterocycles. The van der Waals surface area contributed by atoms with Gasteiger partial charge >= 0.3 is 12.1 Å². The van der Waals surface area contributed by atoms with Crippen LogP contribution in [0.5, 0.6) is 0 Å². The van der Waals surface area contributed by atoms with E-state index in [2.05, 4.69) is 4.98 Å². The van der Waals surface area contributed by atoms with Crippen LogP contribution in [0.4, 0.5) is 21.4 Å². The molecule has 0 aliphatic rings. The van der Waals surface area contributed by atoms with Crippen LogP contribution in [0, 0.1) is 0 Å². The fourth-order valence-corrected chi connectivity index (χ4v) is 0.867. The summed E-state index contributed by atoms with van der Waals surface area (Å²) >= 11 is 0. The molecule has 0 spiro atoms. The average molecular weight is 230 g/mol. The number of amides is 4. The van der Waals surface area contributed by atoms with Gasteiger partial charge in [-0.15, -0.1) is 4.73 Å². The van der Waals surface area contributed by atoms with Crippen LogP contribution in [0.3, 0.4) is 0 Å². The maximum absolute atomic E-state index is 10.7. The van der Waals surface area contributed by atoms with E-state index < -0.39 is 18.0 Å². The van der Waals surface area contributed by atoms with Gasteiger partial charge in [-0.3, -0.25) is 0 Å². The topological polar surface area (TPSA) is 183 Å². The molecule has 88 valence electrons. The number of hydrazine groups is 2. The van der Waals surface area contributed by atoms with Gasteiger partial charge < -0.3 is 16.7 Å². The lowest BCUT2D eigenvalue weighted by atomic mass is 10.7. The van der Waals surface area contributed by atoms with E-state index in [4.69, 9.17) is 23.2 Å². The molecule has 11 heteroatoms. The third-order valence-corrected chi connectivity index (χ3v) is 1.64. The van der Waals surface area contributed by atoms with Crippen LogP contribution in [0.15, 0.2) is 6.20 Å². The van der Waals surface area contributed by atoms with Gasteiger partial charge in [-0.2, -0.15) is 5.01 Å². The molecular weight excluding hydrogens is 220 g/mol. The molecule has 0 aliphatic heterocycles. The largest absolute Gasteiger partial charge is 0.423 e. The Labute approximate surface area is 88.7 Å². The zero-order valence-electron chi connectivity index (χ0n) is 7.94. The number of nitrogens with zero attached hydrogens (tertiary/aromatic N) is 4. The van der Waals surface area contributed by atoms with Crippen molar-refractivity contribution in [2.24, 2.45) is 23.2 Å². The van der Waals surface area contributed by atoms with Crippen molar-refractivity contribution in [3.63, 3.8) is 0 Å². The third kappa shape index (κ3) is 1.79. The van der Waals surface area contributed by atoms with Crippen LogP contribution in [-0.2, 0) is 0 Å². The van der Waals surface area contributed by atoms with E-state index in [1.165, 1.54) is 0 Å². The number of hydrogen-bond donors (Lipinski definition) is 5. The van der Waals surface area contributed by atoms with Gasteiger partial charge in [-0.25, -0.2) is 31.3 Å². The second-order valence-corrected chi connectivity index (χ2v) is 2.64. The quantitative estimate of drug-likeness (QED) is 0.164. The fraction of sp³-hybridized carbons (Fsp3) is 0. The van der Waals surface area contributed by atoms with Gasteiger partial charge in [-0.05, 0) is 0 Å². The molecule has 0 bridgehead atoms. The molecule has 0 aliphatic carbocycles. The van der Waals surface area contributed by atoms with Gasteiger partial charge in [0.25, 0.3) is 5.95 Å². The molecular formula is C5H10N8O3. The Kier molecular flexibility index (Phi) is 2.82. The molecule has 1 heterocycles. The number of aromatic nitrogens is 2. The van der Waals surface area contributed by atoms with Crippen LogP contribution in [-0.4, -0.2) is 27.0 Å². The number of carbonyl (C=O) groups excluding carboxylic acids is 2. The van der Waals surface area contributed by atoms with Crippen molar-refractivity contribution in [3.8, 4) is 0 Å². The minimum absolute atomic E-state index is 0.279. The van der Waals surface area contributed by atoms with E-state index in [1.54, 1.807) is 0 Å². The lowest BCUT2D eigenvalue weighted by Crippen LogP contribution is -2.45. The van der Waals surface area contributed by atoms with Gasteiger partial charge in [0, 0.05) is 0 Å². The van der Waals surface area contributed by atoms with Gasteiger partial charge in [0.05, 0.1) is 6.20 Å². The Hall–Kier alpha value is -2.53. The molecule has 0 fully saturated rings. The Morgan fingerprint density at radius 3 is 2.19 bits per heavy atom. The SMILES string of the molecule is NC(=O)N(N)c1cnc(N(N)C(N)=O)n1O.